The number of hydrogen-bond donors (Lipinski definition) is 2. The van der Waals surface area contributed by atoms with Crippen molar-refractivity contribution in [2.45, 2.75) is 25.8 Å². The second kappa shape index (κ2) is 9.58. The van der Waals surface area contributed by atoms with Crippen molar-refractivity contribution in [3.05, 3.63) is 71.7 Å². The third-order valence-electron chi connectivity index (χ3n) is 4.95. The number of H-pyrrole nitrogens is 1. The van der Waals surface area contributed by atoms with Crippen LogP contribution in [0.1, 0.15) is 19.0 Å². The van der Waals surface area contributed by atoms with E-state index in [9.17, 15) is 18.0 Å². The molecule has 8 heteroatoms. The van der Waals surface area contributed by atoms with Gasteiger partial charge in [0.05, 0.1) is 17.4 Å². The van der Waals surface area contributed by atoms with Crippen LogP contribution < -0.4 is 5.32 Å². The molecule has 30 heavy (non-hydrogen) atoms. The summed E-state index contributed by atoms with van der Waals surface area (Å²) >= 11 is 0. The van der Waals surface area contributed by atoms with Gasteiger partial charge in [0.1, 0.15) is 17.5 Å². The molecule has 0 bridgehead atoms. The minimum absolute atomic E-state index is 0.175. The normalized spacial score (nSPS) is 12.2. The number of anilines is 1. The first-order valence-corrected chi connectivity index (χ1v) is 9.60. The van der Waals surface area contributed by atoms with Gasteiger partial charge in [-0.3, -0.25) is 14.8 Å². The number of nitrogens with zero attached hydrogens (tertiary/aromatic N) is 2. The Labute approximate surface area is 172 Å². The van der Waals surface area contributed by atoms with Crippen LogP contribution in [0.4, 0.5) is 18.9 Å². The standard InChI is InChI=1S/C22H23F3N4O/c1-14(22(30)26-21-12-17(24)9-10-19(21)25)29(2)11-3-4-18-13-20(28-27-18)15-5-7-16(23)8-6-15/h5-10,12-14H,3-4,11H2,1-2H3,(H,26,30)(H,27,28). The van der Waals surface area contributed by atoms with Gasteiger partial charge in [-0.1, -0.05) is 0 Å². The van der Waals surface area contributed by atoms with Gasteiger partial charge in [-0.15, -0.1) is 0 Å². The summed E-state index contributed by atoms with van der Waals surface area (Å²) < 4.78 is 40.0. The van der Waals surface area contributed by atoms with Crippen LogP contribution in [-0.2, 0) is 11.2 Å². The van der Waals surface area contributed by atoms with Gasteiger partial charge in [0.25, 0.3) is 0 Å². The lowest BCUT2D eigenvalue weighted by atomic mass is 10.1. The maximum absolute atomic E-state index is 13.7. The van der Waals surface area contributed by atoms with Crippen LogP contribution in [0, 0.1) is 17.5 Å². The fraction of sp³-hybridized carbons (Fsp3) is 0.273. The van der Waals surface area contributed by atoms with E-state index in [2.05, 4.69) is 15.5 Å². The van der Waals surface area contributed by atoms with Crippen LogP contribution in [0.2, 0.25) is 0 Å². The second-order valence-electron chi connectivity index (χ2n) is 7.16. The molecular formula is C22H23F3N4O. The molecule has 1 heterocycles. The number of aromatic nitrogens is 2. The van der Waals surface area contributed by atoms with Crippen molar-refractivity contribution < 1.29 is 18.0 Å². The zero-order valence-electron chi connectivity index (χ0n) is 16.8. The minimum Gasteiger partial charge on any atom is -0.322 e. The summed E-state index contributed by atoms with van der Waals surface area (Å²) in [5.41, 5.74) is 2.32. The van der Waals surface area contributed by atoms with E-state index >= 15 is 0 Å². The highest BCUT2D eigenvalue weighted by atomic mass is 19.1. The quantitative estimate of drug-likeness (QED) is 0.573. The molecule has 1 unspecified atom stereocenters. The molecule has 0 aliphatic carbocycles. The summed E-state index contributed by atoms with van der Waals surface area (Å²) in [6.45, 7) is 2.32. The molecule has 1 amide bonds. The van der Waals surface area contributed by atoms with Crippen LogP contribution in [0.3, 0.4) is 0 Å². The number of likely N-dealkylation sites (N-methyl/N-ethyl adjacent to an activating group) is 1. The van der Waals surface area contributed by atoms with Crippen LogP contribution in [-0.4, -0.2) is 40.6 Å². The number of aromatic amines is 1. The van der Waals surface area contributed by atoms with E-state index in [4.69, 9.17) is 0 Å². The first kappa shape index (κ1) is 21.6. The number of aryl methyl sites for hydroxylation is 1. The van der Waals surface area contributed by atoms with Gasteiger partial charge in [-0.2, -0.15) is 5.10 Å². The Kier molecular flexibility index (Phi) is 6.89. The minimum atomic E-state index is -0.684. The van der Waals surface area contributed by atoms with Gasteiger partial charge in [0, 0.05) is 17.3 Å². The Bertz CT molecular complexity index is 1000. The molecule has 158 valence electrons. The van der Waals surface area contributed by atoms with Gasteiger partial charge in [-0.05, 0) is 75.8 Å². The molecule has 1 aromatic heterocycles. The molecule has 2 aromatic carbocycles. The largest absolute Gasteiger partial charge is 0.322 e. The predicted molar refractivity (Wildman–Crippen MR) is 109 cm³/mol. The van der Waals surface area contributed by atoms with Crippen molar-refractivity contribution in [3.8, 4) is 11.3 Å². The van der Waals surface area contributed by atoms with Crippen molar-refractivity contribution in [3.63, 3.8) is 0 Å². The van der Waals surface area contributed by atoms with Gasteiger partial charge < -0.3 is 5.32 Å². The van der Waals surface area contributed by atoms with Crippen LogP contribution in [0.25, 0.3) is 11.3 Å². The van der Waals surface area contributed by atoms with E-state index in [0.717, 1.165) is 41.6 Å². The molecule has 0 radical (unpaired) electrons. The molecule has 0 spiro atoms. The molecule has 2 N–H and O–H groups in total. The summed E-state index contributed by atoms with van der Waals surface area (Å²) in [6, 6.07) is 10.4. The van der Waals surface area contributed by atoms with Crippen LogP contribution in [0.15, 0.2) is 48.5 Å². The van der Waals surface area contributed by atoms with Crippen LogP contribution in [0.5, 0.6) is 0 Å². The number of halogens is 3. The summed E-state index contributed by atoms with van der Waals surface area (Å²) in [5, 5.41) is 9.64. The molecule has 0 saturated carbocycles. The lowest BCUT2D eigenvalue weighted by Crippen LogP contribution is -2.40. The highest BCUT2D eigenvalue weighted by Gasteiger charge is 2.19. The first-order chi connectivity index (χ1) is 14.3. The molecular weight excluding hydrogens is 393 g/mol. The number of nitrogens with one attached hydrogen (secondary N) is 2. The average molecular weight is 416 g/mol. The van der Waals surface area contributed by atoms with Crippen molar-refractivity contribution in [2.24, 2.45) is 0 Å². The summed E-state index contributed by atoms with van der Waals surface area (Å²) in [4.78, 5) is 14.2. The van der Waals surface area contributed by atoms with Crippen molar-refractivity contribution in [1.82, 2.24) is 15.1 Å². The number of carbonyl (C=O) groups excluding carboxylic acids is 1. The van der Waals surface area contributed by atoms with E-state index in [0.29, 0.717) is 13.0 Å². The van der Waals surface area contributed by atoms with Crippen LogP contribution >= 0.6 is 0 Å². The zero-order valence-corrected chi connectivity index (χ0v) is 16.8. The Hall–Kier alpha value is -3.13. The van der Waals surface area contributed by atoms with E-state index in [-0.39, 0.29) is 11.5 Å². The summed E-state index contributed by atoms with van der Waals surface area (Å²) in [7, 11) is 1.79. The molecule has 1 atom stereocenters. The number of benzene rings is 2. The van der Waals surface area contributed by atoms with Gasteiger partial charge in [0.2, 0.25) is 5.91 Å². The third-order valence-corrected chi connectivity index (χ3v) is 4.95. The number of rotatable bonds is 8. The smallest absolute Gasteiger partial charge is 0.241 e. The van der Waals surface area contributed by atoms with Gasteiger partial charge in [0.15, 0.2) is 0 Å². The summed E-state index contributed by atoms with van der Waals surface area (Å²) in [6.07, 6.45) is 1.47. The van der Waals surface area contributed by atoms with Crippen molar-refractivity contribution in [2.75, 3.05) is 18.9 Å². The molecule has 5 nitrogen and oxygen atoms in total. The lowest BCUT2D eigenvalue weighted by Gasteiger charge is -2.23. The second-order valence-corrected chi connectivity index (χ2v) is 7.16. The summed E-state index contributed by atoms with van der Waals surface area (Å²) in [5.74, 6) is -2.01. The molecule has 3 aromatic rings. The monoisotopic (exact) mass is 416 g/mol. The topological polar surface area (TPSA) is 61.0 Å². The van der Waals surface area contributed by atoms with Gasteiger partial charge in [-0.25, -0.2) is 13.2 Å². The van der Waals surface area contributed by atoms with Crippen molar-refractivity contribution in [1.29, 1.82) is 0 Å². The molecule has 0 saturated heterocycles. The van der Waals surface area contributed by atoms with E-state index in [1.165, 1.54) is 12.1 Å². The molecule has 3 rings (SSSR count). The van der Waals surface area contributed by atoms with E-state index < -0.39 is 23.6 Å². The van der Waals surface area contributed by atoms with Gasteiger partial charge >= 0.3 is 0 Å². The maximum atomic E-state index is 13.7. The maximum Gasteiger partial charge on any atom is 0.241 e. The average Bonchev–Trinajstić information content (AvgIpc) is 3.19. The Morgan fingerprint density at radius 2 is 1.80 bits per heavy atom. The van der Waals surface area contributed by atoms with E-state index in [1.54, 1.807) is 26.1 Å². The zero-order chi connectivity index (χ0) is 21.7. The Balaban J connectivity index is 1.49. The third kappa shape index (κ3) is 5.48. The SMILES string of the molecule is CC(C(=O)Nc1cc(F)ccc1F)N(C)CCCc1cc(-c2ccc(F)cc2)n[nH]1. The molecule has 0 aliphatic heterocycles. The Morgan fingerprint density at radius 3 is 2.53 bits per heavy atom. The van der Waals surface area contributed by atoms with E-state index in [1.807, 2.05) is 11.0 Å². The highest BCUT2D eigenvalue weighted by Crippen LogP contribution is 2.19. The Morgan fingerprint density at radius 1 is 1.10 bits per heavy atom. The fourth-order valence-corrected chi connectivity index (χ4v) is 3.00. The number of amides is 1. The van der Waals surface area contributed by atoms with Crippen molar-refractivity contribution >= 4 is 11.6 Å². The molecule has 0 fully saturated rings. The predicted octanol–water partition coefficient (Wildman–Crippen LogP) is 4.39. The number of hydrogen-bond acceptors (Lipinski definition) is 3. The molecule has 0 aliphatic rings. The fourth-order valence-electron chi connectivity index (χ4n) is 3.00. The first-order valence-electron chi connectivity index (χ1n) is 9.60. The lowest BCUT2D eigenvalue weighted by molar-refractivity contribution is -0.120. The highest BCUT2D eigenvalue weighted by molar-refractivity contribution is 5.94. The number of carbonyl (C=O) groups is 1.